The third-order valence-corrected chi connectivity index (χ3v) is 10.3. The van der Waals surface area contributed by atoms with Crippen LogP contribution in [0.15, 0.2) is 18.2 Å². The minimum absolute atomic E-state index is 0.123. The van der Waals surface area contributed by atoms with Gasteiger partial charge < -0.3 is 24.4 Å². The number of nitrogens with zero attached hydrogens (tertiary/aromatic N) is 3. The van der Waals surface area contributed by atoms with Gasteiger partial charge in [0.25, 0.3) is 0 Å². The Balaban J connectivity index is 1.35. The third kappa shape index (κ3) is 6.61. The molecule has 244 valence electrons. The molecule has 45 heavy (non-hydrogen) atoms. The molecule has 1 aromatic heterocycles. The minimum Gasteiger partial charge on any atom is -0.497 e. The minimum atomic E-state index is -0.879. The molecule has 10 nitrogen and oxygen atoms in total. The molecular weight excluding hydrogens is 572 g/mol. The predicted octanol–water partition coefficient (Wildman–Crippen LogP) is 5.64. The topological polar surface area (TPSA) is 120 Å². The summed E-state index contributed by atoms with van der Waals surface area (Å²) in [5, 5.41) is 2.95. The number of amides is 2. The van der Waals surface area contributed by atoms with E-state index in [4.69, 9.17) is 24.2 Å². The summed E-state index contributed by atoms with van der Waals surface area (Å²) in [6, 6.07) is 4.05. The van der Waals surface area contributed by atoms with Gasteiger partial charge in [0.2, 0.25) is 11.8 Å². The van der Waals surface area contributed by atoms with Crippen molar-refractivity contribution in [2.45, 2.75) is 116 Å². The molecule has 6 rings (SSSR count). The maximum atomic E-state index is 14.3. The Morgan fingerprint density at radius 3 is 2.58 bits per heavy atom. The van der Waals surface area contributed by atoms with Crippen molar-refractivity contribution in [3.63, 3.8) is 0 Å². The molecule has 0 radical (unpaired) electrons. The van der Waals surface area contributed by atoms with Crippen LogP contribution in [-0.4, -0.2) is 70.1 Å². The number of carbonyl (C=O) groups is 3. The number of Topliss-reactive ketones (excluding diaryl/α,β-unsaturated/α-hetero) is 1. The first-order chi connectivity index (χ1) is 21.4. The molecular formula is C35H48N4O6. The van der Waals surface area contributed by atoms with Gasteiger partial charge in [-0.05, 0) is 62.5 Å². The van der Waals surface area contributed by atoms with Crippen molar-refractivity contribution in [3.05, 3.63) is 23.9 Å². The van der Waals surface area contributed by atoms with Gasteiger partial charge >= 0.3 is 6.09 Å². The molecule has 10 heteroatoms. The van der Waals surface area contributed by atoms with Crippen LogP contribution in [0.25, 0.3) is 11.0 Å². The van der Waals surface area contributed by atoms with Crippen molar-refractivity contribution in [2.24, 2.45) is 23.2 Å². The van der Waals surface area contributed by atoms with Gasteiger partial charge in [0.1, 0.15) is 29.2 Å². The average molecular weight is 621 g/mol. The van der Waals surface area contributed by atoms with Crippen LogP contribution in [0.3, 0.4) is 0 Å². The summed E-state index contributed by atoms with van der Waals surface area (Å²) in [6.07, 6.45) is 7.80. The molecule has 1 aromatic carbocycles. The standard InChI is InChI=1S/C35H48N4O6/c1-20-28-19-39(29(20)21(2)40)32(41)30(34(3,4)5)38-33(42)45-35(17-22-12-13-22)18-23(35)10-8-7-9-11-26-31(44-28)37-27-16-24(43-6)14-15-25(27)36-26/h14-16,20,22-23,28-30H,7-13,17-19H2,1-6H3,(H,38,42)/t20-,23-,28+,29+,30-,35-/m1/s1. The van der Waals surface area contributed by atoms with Gasteiger partial charge in [0.15, 0.2) is 5.78 Å². The molecule has 2 aromatic rings. The van der Waals surface area contributed by atoms with E-state index in [-0.39, 0.29) is 24.2 Å². The van der Waals surface area contributed by atoms with Gasteiger partial charge in [-0.25, -0.2) is 14.8 Å². The Labute approximate surface area is 266 Å². The zero-order valence-corrected chi connectivity index (χ0v) is 27.6. The van der Waals surface area contributed by atoms with Gasteiger partial charge in [-0.2, -0.15) is 0 Å². The summed E-state index contributed by atoms with van der Waals surface area (Å²) in [5.74, 6) is 1.33. The highest BCUT2D eigenvalue weighted by atomic mass is 16.6. The number of aromatic nitrogens is 2. The Morgan fingerprint density at radius 1 is 1.11 bits per heavy atom. The molecule has 0 unspecified atom stereocenters. The number of ketones is 1. The average Bonchev–Trinajstić information content (AvgIpc) is 3.89. The second-order valence-corrected chi connectivity index (χ2v) is 14.9. The molecule has 2 aliphatic heterocycles. The summed E-state index contributed by atoms with van der Waals surface area (Å²) in [6.45, 7) is 9.40. The summed E-state index contributed by atoms with van der Waals surface area (Å²) in [7, 11) is 1.62. The first-order valence-electron chi connectivity index (χ1n) is 16.7. The first-order valence-corrected chi connectivity index (χ1v) is 16.7. The van der Waals surface area contributed by atoms with Crippen LogP contribution in [0.1, 0.15) is 91.7 Å². The maximum Gasteiger partial charge on any atom is 0.408 e. The maximum absolute atomic E-state index is 14.3. The van der Waals surface area contributed by atoms with Gasteiger partial charge in [0.05, 0.1) is 30.7 Å². The zero-order valence-electron chi connectivity index (χ0n) is 27.6. The van der Waals surface area contributed by atoms with Crippen LogP contribution >= 0.6 is 0 Å². The molecule has 2 saturated carbocycles. The lowest BCUT2D eigenvalue weighted by atomic mass is 9.85. The number of hydrogen-bond donors (Lipinski definition) is 1. The van der Waals surface area contributed by atoms with Crippen molar-refractivity contribution in [1.29, 1.82) is 0 Å². The number of rotatable bonds is 4. The van der Waals surface area contributed by atoms with E-state index in [1.54, 1.807) is 12.0 Å². The number of carbonyl (C=O) groups excluding carboxylic acids is 3. The van der Waals surface area contributed by atoms with E-state index in [2.05, 4.69) is 5.32 Å². The van der Waals surface area contributed by atoms with E-state index in [0.717, 1.165) is 49.7 Å². The zero-order chi connectivity index (χ0) is 32.1. The monoisotopic (exact) mass is 620 g/mol. The number of fused-ring (bicyclic) bond motifs is 5. The number of methoxy groups -OCH3 is 1. The quantitative estimate of drug-likeness (QED) is 0.467. The number of aryl methyl sites for hydroxylation is 1. The lowest BCUT2D eigenvalue weighted by Crippen LogP contribution is -2.57. The van der Waals surface area contributed by atoms with E-state index < -0.39 is 35.3 Å². The van der Waals surface area contributed by atoms with E-state index in [1.807, 2.05) is 45.9 Å². The molecule has 6 atom stereocenters. The van der Waals surface area contributed by atoms with Gasteiger partial charge in [0, 0.05) is 17.9 Å². The van der Waals surface area contributed by atoms with Crippen molar-refractivity contribution >= 4 is 28.8 Å². The van der Waals surface area contributed by atoms with Gasteiger partial charge in [-0.1, -0.05) is 53.4 Å². The third-order valence-electron chi connectivity index (χ3n) is 10.3. The summed E-state index contributed by atoms with van der Waals surface area (Å²) in [5.41, 5.74) is 1.14. The summed E-state index contributed by atoms with van der Waals surface area (Å²) >= 11 is 0. The predicted molar refractivity (Wildman–Crippen MR) is 169 cm³/mol. The lowest BCUT2D eigenvalue weighted by Gasteiger charge is -2.35. The Bertz CT molecular complexity index is 1470. The highest BCUT2D eigenvalue weighted by Crippen LogP contribution is 2.57. The highest BCUT2D eigenvalue weighted by molar-refractivity contribution is 5.92. The van der Waals surface area contributed by atoms with Crippen molar-refractivity contribution in [1.82, 2.24) is 20.2 Å². The number of hydrogen-bond acceptors (Lipinski definition) is 8. The molecule has 2 bridgehead atoms. The molecule has 1 saturated heterocycles. The molecule has 3 fully saturated rings. The van der Waals surface area contributed by atoms with Gasteiger partial charge in [-0.15, -0.1) is 0 Å². The highest BCUT2D eigenvalue weighted by Gasteiger charge is 2.59. The largest absolute Gasteiger partial charge is 0.497 e. The van der Waals surface area contributed by atoms with Crippen molar-refractivity contribution < 1.29 is 28.6 Å². The van der Waals surface area contributed by atoms with E-state index >= 15 is 0 Å². The van der Waals surface area contributed by atoms with Gasteiger partial charge in [-0.3, -0.25) is 9.59 Å². The van der Waals surface area contributed by atoms with Crippen LogP contribution in [0.4, 0.5) is 4.79 Å². The van der Waals surface area contributed by atoms with Crippen LogP contribution in [0.5, 0.6) is 11.6 Å². The van der Waals surface area contributed by atoms with Crippen LogP contribution < -0.4 is 14.8 Å². The summed E-state index contributed by atoms with van der Waals surface area (Å²) < 4.78 is 18.2. The van der Waals surface area contributed by atoms with Crippen LogP contribution in [0, 0.1) is 23.2 Å². The van der Waals surface area contributed by atoms with E-state index in [9.17, 15) is 14.4 Å². The van der Waals surface area contributed by atoms with Crippen LogP contribution in [-0.2, 0) is 20.7 Å². The Hall–Kier alpha value is -3.43. The van der Waals surface area contributed by atoms with Crippen molar-refractivity contribution in [2.75, 3.05) is 13.7 Å². The van der Waals surface area contributed by atoms with Crippen molar-refractivity contribution in [3.8, 4) is 11.6 Å². The van der Waals surface area contributed by atoms with E-state index in [0.29, 0.717) is 35.4 Å². The number of benzene rings is 1. The molecule has 2 aliphatic carbocycles. The van der Waals surface area contributed by atoms with Crippen LogP contribution in [0.2, 0.25) is 0 Å². The summed E-state index contributed by atoms with van der Waals surface area (Å²) in [4.78, 5) is 52.3. The smallest absolute Gasteiger partial charge is 0.408 e. The fraction of sp³-hybridized carbons (Fsp3) is 0.686. The molecule has 2 amide bonds. The molecule has 3 heterocycles. The first kappa shape index (κ1) is 31.5. The number of alkyl carbamates (subject to hydrolysis) is 1. The normalized spacial score (nSPS) is 31.1. The SMILES string of the molecule is COc1ccc2nc3c(nc2c1)O[C@H]1CN(C(=O)[C@H](C(C)(C)C)NC(=O)O[C@]2(CC4CC4)C[C@H]2CCCCC3)[C@H](C(C)=O)[C@@H]1C. The lowest BCUT2D eigenvalue weighted by molar-refractivity contribution is -0.141. The molecule has 0 spiro atoms. The number of nitrogens with one attached hydrogen (secondary N) is 1. The fourth-order valence-corrected chi connectivity index (χ4v) is 7.46. The van der Waals surface area contributed by atoms with E-state index in [1.165, 1.54) is 19.8 Å². The fourth-order valence-electron chi connectivity index (χ4n) is 7.46. The second kappa shape index (κ2) is 12.1. The Kier molecular flexibility index (Phi) is 8.46. The number of ether oxygens (including phenoxy) is 3. The molecule has 4 aliphatic rings. The molecule has 1 N–H and O–H groups in total. The Morgan fingerprint density at radius 2 is 1.89 bits per heavy atom. The second-order valence-electron chi connectivity index (χ2n) is 14.9.